The van der Waals surface area contributed by atoms with E-state index in [1.807, 2.05) is 0 Å². The zero-order chi connectivity index (χ0) is 13.7. The fourth-order valence-corrected chi connectivity index (χ4v) is 1.89. The van der Waals surface area contributed by atoms with Gasteiger partial charge in [-0.1, -0.05) is 37.6 Å². The van der Waals surface area contributed by atoms with E-state index >= 15 is 0 Å². The zero-order valence-corrected chi connectivity index (χ0v) is 12.2. The van der Waals surface area contributed by atoms with Crippen LogP contribution in [0.5, 0.6) is 0 Å². The molecule has 0 spiro atoms. The van der Waals surface area contributed by atoms with Crippen LogP contribution in [-0.4, -0.2) is 5.84 Å². The molecule has 0 amide bonds. The maximum Gasteiger partial charge on any atom is 0.245 e. The summed E-state index contributed by atoms with van der Waals surface area (Å²) < 4.78 is 0. The minimum Gasteiger partial charge on any atom is -0.291 e. The molecule has 0 fully saturated rings. The Kier molecular flexibility index (Phi) is 5.14. The van der Waals surface area contributed by atoms with E-state index in [1.54, 1.807) is 0 Å². The highest BCUT2D eigenvalue weighted by Crippen LogP contribution is 2.26. The first kappa shape index (κ1) is 14.5. The second-order valence-electron chi connectivity index (χ2n) is 4.76. The number of nitrogens with one attached hydrogen (secondary N) is 1. The average Bonchev–Trinajstić information content (AvgIpc) is 2.39. The number of nitrogens with two attached hydrogens (primary N) is 1. The van der Waals surface area contributed by atoms with E-state index in [0.717, 1.165) is 24.4 Å². The van der Waals surface area contributed by atoms with E-state index in [1.165, 1.54) is 22.3 Å². The lowest BCUT2D eigenvalue weighted by molar-refractivity contribution is -0.357. The van der Waals surface area contributed by atoms with Gasteiger partial charge < -0.3 is 0 Å². The largest absolute Gasteiger partial charge is 0.291 e. The molecular weight excluding hydrogens is 220 g/mol. The lowest BCUT2D eigenvalue weighted by Crippen LogP contribution is -2.69. The normalized spacial score (nSPS) is 13.5. The predicted molar refractivity (Wildman–Crippen MR) is 79.8 cm³/mol. The van der Waals surface area contributed by atoms with Gasteiger partial charge in [-0.05, 0) is 38.3 Å². The van der Waals surface area contributed by atoms with Crippen molar-refractivity contribution in [2.75, 3.05) is 0 Å². The fraction of sp³-hybridized carbons (Fsp3) is 0.438. The van der Waals surface area contributed by atoms with Crippen LogP contribution in [0, 0.1) is 6.92 Å². The molecule has 0 atom stereocenters. The van der Waals surface area contributed by atoms with Crippen molar-refractivity contribution in [2.24, 2.45) is 5.73 Å². The molecule has 0 aliphatic carbocycles. The Morgan fingerprint density at radius 3 is 2.39 bits per heavy atom. The number of benzene rings is 1. The van der Waals surface area contributed by atoms with E-state index in [-0.39, 0.29) is 0 Å². The zero-order valence-electron chi connectivity index (χ0n) is 12.2. The minimum atomic E-state index is 0.813. The van der Waals surface area contributed by atoms with Crippen LogP contribution >= 0.6 is 0 Å². The number of hydrogen-bond donors (Lipinski definition) is 2. The van der Waals surface area contributed by atoms with E-state index in [0.29, 0.717) is 0 Å². The van der Waals surface area contributed by atoms with Gasteiger partial charge in [0.25, 0.3) is 0 Å². The van der Waals surface area contributed by atoms with Crippen LogP contribution in [0.25, 0.3) is 5.57 Å². The van der Waals surface area contributed by atoms with Gasteiger partial charge in [0, 0.05) is 12.0 Å². The van der Waals surface area contributed by atoms with Crippen molar-refractivity contribution in [3.63, 3.8) is 0 Å². The number of amidine groups is 1. The Balaban J connectivity index is 3.42. The molecule has 0 saturated carbocycles. The fourth-order valence-electron chi connectivity index (χ4n) is 1.89. The van der Waals surface area contributed by atoms with Gasteiger partial charge in [0.1, 0.15) is 5.69 Å². The molecule has 2 nitrogen and oxygen atoms in total. The number of aryl methyl sites for hydroxylation is 1. The first-order valence-electron chi connectivity index (χ1n) is 6.65. The van der Waals surface area contributed by atoms with Crippen LogP contribution in [0.2, 0.25) is 0 Å². The summed E-state index contributed by atoms with van der Waals surface area (Å²) in [5.74, 6) is 0.813. The standard InChI is InChI=1S/C16H24N2/c1-6-11(3)13(5)14-10-8-9-12(4)16(14)18-15(17)7-2/h8-10H,6-7H2,1-5H3,(H2,17,18)/p+1/b13-11-. The molecule has 18 heavy (non-hydrogen) atoms. The van der Waals surface area contributed by atoms with E-state index in [2.05, 4.69) is 57.8 Å². The molecule has 0 saturated heterocycles. The Hall–Kier alpha value is -1.57. The lowest BCUT2D eigenvalue weighted by atomic mass is 9.97. The number of hydrogen-bond acceptors (Lipinski definition) is 0. The van der Waals surface area contributed by atoms with Crippen LogP contribution in [0.1, 0.15) is 51.7 Å². The summed E-state index contributed by atoms with van der Waals surface area (Å²) in [5, 5.41) is 0. The summed E-state index contributed by atoms with van der Waals surface area (Å²) in [6.45, 7) is 10.7. The van der Waals surface area contributed by atoms with E-state index in [9.17, 15) is 0 Å². The van der Waals surface area contributed by atoms with Crippen molar-refractivity contribution >= 4 is 17.1 Å². The third-order valence-electron chi connectivity index (χ3n) is 3.51. The highest BCUT2D eigenvalue weighted by molar-refractivity contribution is 5.78. The van der Waals surface area contributed by atoms with Crippen molar-refractivity contribution < 1.29 is 4.99 Å². The number of allylic oxidation sites excluding steroid dienone is 2. The van der Waals surface area contributed by atoms with Gasteiger partial charge in [-0.25, -0.2) is 4.99 Å². The van der Waals surface area contributed by atoms with Crippen molar-refractivity contribution in [1.82, 2.24) is 0 Å². The van der Waals surface area contributed by atoms with Crippen molar-refractivity contribution in [1.29, 1.82) is 0 Å². The molecule has 0 unspecified atom stereocenters. The molecule has 1 aromatic carbocycles. The van der Waals surface area contributed by atoms with Gasteiger partial charge in [0.05, 0.1) is 0 Å². The smallest absolute Gasteiger partial charge is 0.245 e. The Morgan fingerprint density at radius 2 is 1.83 bits per heavy atom. The third kappa shape index (κ3) is 3.22. The second-order valence-corrected chi connectivity index (χ2v) is 4.76. The SMILES string of the molecule is CCC(N)=[NH+]c1c(C)cccc1/C(C)=C(/C)CC. The molecule has 3 N–H and O–H groups in total. The summed E-state index contributed by atoms with van der Waals surface area (Å²) in [7, 11) is 0. The average molecular weight is 245 g/mol. The van der Waals surface area contributed by atoms with Crippen LogP contribution in [0.4, 0.5) is 5.69 Å². The Labute approximate surface area is 111 Å². The molecule has 0 aromatic heterocycles. The van der Waals surface area contributed by atoms with Gasteiger partial charge in [0.2, 0.25) is 5.84 Å². The molecule has 2 heteroatoms. The first-order chi connectivity index (χ1) is 8.51. The highest BCUT2D eigenvalue weighted by Gasteiger charge is 2.11. The topological polar surface area (TPSA) is 40.0 Å². The summed E-state index contributed by atoms with van der Waals surface area (Å²) >= 11 is 0. The highest BCUT2D eigenvalue weighted by atomic mass is 14.9. The lowest BCUT2D eigenvalue weighted by Gasteiger charge is -2.10. The van der Waals surface area contributed by atoms with Gasteiger partial charge in [-0.2, -0.15) is 0 Å². The van der Waals surface area contributed by atoms with Crippen LogP contribution in [0.15, 0.2) is 23.8 Å². The Bertz CT molecular complexity index is 482. The van der Waals surface area contributed by atoms with Gasteiger partial charge in [-0.3, -0.25) is 5.73 Å². The van der Waals surface area contributed by atoms with Crippen molar-refractivity contribution in [3.05, 3.63) is 34.9 Å². The summed E-state index contributed by atoms with van der Waals surface area (Å²) in [6.07, 6.45) is 1.91. The minimum absolute atomic E-state index is 0.813. The van der Waals surface area contributed by atoms with Crippen LogP contribution in [0.3, 0.4) is 0 Å². The molecule has 0 bridgehead atoms. The van der Waals surface area contributed by atoms with Crippen molar-refractivity contribution in [3.8, 4) is 0 Å². The quantitative estimate of drug-likeness (QED) is 0.621. The summed E-state index contributed by atoms with van der Waals surface area (Å²) in [5.41, 5.74) is 12.3. The molecule has 1 rings (SSSR count). The summed E-state index contributed by atoms with van der Waals surface area (Å²) in [6, 6.07) is 6.38. The first-order valence-corrected chi connectivity index (χ1v) is 6.65. The van der Waals surface area contributed by atoms with Gasteiger partial charge in [0.15, 0.2) is 0 Å². The number of para-hydroxylation sites is 1. The van der Waals surface area contributed by atoms with Crippen LogP contribution in [-0.2, 0) is 0 Å². The van der Waals surface area contributed by atoms with Gasteiger partial charge >= 0.3 is 0 Å². The molecule has 0 aliphatic rings. The predicted octanol–water partition coefficient (Wildman–Crippen LogP) is 2.68. The van der Waals surface area contributed by atoms with E-state index < -0.39 is 0 Å². The molecule has 0 radical (unpaired) electrons. The van der Waals surface area contributed by atoms with Crippen LogP contribution < -0.4 is 10.7 Å². The molecular formula is C16H25N2+. The van der Waals surface area contributed by atoms with E-state index in [4.69, 9.17) is 5.73 Å². The molecule has 1 aromatic rings. The maximum atomic E-state index is 5.94. The second kappa shape index (κ2) is 6.39. The monoisotopic (exact) mass is 245 g/mol. The van der Waals surface area contributed by atoms with Crippen molar-refractivity contribution in [2.45, 2.75) is 47.5 Å². The maximum absolute atomic E-state index is 5.94. The summed E-state index contributed by atoms with van der Waals surface area (Å²) in [4.78, 5) is 3.35. The molecule has 0 heterocycles. The molecule has 0 aliphatic heterocycles. The third-order valence-corrected chi connectivity index (χ3v) is 3.51. The Morgan fingerprint density at radius 1 is 1.17 bits per heavy atom. The number of rotatable bonds is 4. The van der Waals surface area contributed by atoms with Gasteiger partial charge in [-0.15, -0.1) is 0 Å². The molecule has 98 valence electrons.